The quantitative estimate of drug-likeness (QED) is 0.352. The molecule has 0 spiro atoms. The molecule has 1 amide bonds. The van der Waals surface area contributed by atoms with Crippen molar-refractivity contribution in [3.05, 3.63) is 74.6 Å². The minimum atomic E-state index is -0.281. The van der Waals surface area contributed by atoms with E-state index in [1.165, 1.54) is 0 Å². The summed E-state index contributed by atoms with van der Waals surface area (Å²) >= 11 is 6.60. The van der Waals surface area contributed by atoms with Crippen LogP contribution >= 0.6 is 11.6 Å². The molecule has 8 heteroatoms. The van der Waals surface area contributed by atoms with Crippen LogP contribution in [0.5, 0.6) is 0 Å². The number of hydrogen-bond donors (Lipinski definition) is 3. The lowest BCUT2D eigenvalue weighted by molar-refractivity contribution is 0.0952. The van der Waals surface area contributed by atoms with Crippen molar-refractivity contribution in [2.75, 3.05) is 0 Å². The van der Waals surface area contributed by atoms with Crippen molar-refractivity contribution in [2.45, 2.75) is 53.1 Å². The van der Waals surface area contributed by atoms with Gasteiger partial charge in [-0.1, -0.05) is 24.9 Å². The number of nitrogens with zero attached hydrogens (tertiary/aromatic N) is 2. The number of amides is 1. The first kappa shape index (κ1) is 22.9. The molecular formula is C25H28ClN5O2. The van der Waals surface area contributed by atoms with E-state index in [2.05, 4.69) is 45.8 Å². The first-order valence-corrected chi connectivity index (χ1v) is 11.5. The number of rotatable bonds is 7. The molecule has 0 unspecified atom stereocenters. The maximum Gasteiger partial charge on any atom is 0.253 e. The SMILES string of the molecule is CCCc1cc(C)[nH]c(=O)c1CNC(=O)c1cc(-c2cn[nH]c2)cc2c1c(Cl)cn2C(C)C. The molecule has 0 aliphatic heterocycles. The molecule has 3 heterocycles. The third-order valence-corrected chi connectivity index (χ3v) is 6.11. The molecule has 7 nitrogen and oxygen atoms in total. The standard InChI is InChI=1S/C25H28ClN5O2/c1-5-6-16-7-15(4)30-25(33)20(16)12-27-24(32)19-8-17(18-10-28-29-11-18)9-22-23(19)21(26)13-31(22)14(2)3/h7-11,13-14H,5-6,12H2,1-4H3,(H,27,32)(H,28,29)(H,30,33). The topological polar surface area (TPSA) is 95.6 Å². The Hall–Kier alpha value is -3.32. The van der Waals surface area contributed by atoms with Gasteiger partial charge in [0.25, 0.3) is 11.5 Å². The third kappa shape index (κ3) is 4.46. The Morgan fingerprint density at radius 1 is 1.24 bits per heavy atom. The van der Waals surface area contributed by atoms with Gasteiger partial charge in [-0.15, -0.1) is 0 Å². The van der Waals surface area contributed by atoms with E-state index in [1.807, 2.05) is 31.3 Å². The van der Waals surface area contributed by atoms with Crippen molar-refractivity contribution >= 4 is 28.4 Å². The lowest BCUT2D eigenvalue weighted by atomic mass is 10.0. The van der Waals surface area contributed by atoms with Gasteiger partial charge in [-0.3, -0.25) is 14.7 Å². The smallest absolute Gasteiger partial charge is 0.253 e. The first-order valence-electron chi connectivity index (χ1n) is 11.1. The Morgan fingerprint density at radius 2 is 2.03 bits per heavy atom. The van der Waals surface area contributed by atoms with Gasteiger partial charge in [0.1, 0.15) is 0 Å². The van der Waals surface area contributed by atoms with Crippen molar-refractivity contribution in [1.29, 1.82) is 0 Å². The number of carbonyl (C=O) groups excluding carboxylic acids is 1. The Morgan fingerprint density at radius 3 is 2.70 bits per heavy atom. The molecule has 0 aliphatic carbocycles. The highest BCUT2D eigenvalue weighted by Gasteiger charge is 2.20. The predicted octanol–water partition coefficient (Wildman–Crippen LogP) is 5.14. The van der Waals surface area contributed by atoms with Crippen LogP contribution in [0.1, 0.15) is 60.4 Å². The maximum atomic E-state index is 13.4. The highest BCUT2D eigenvalue weighted by molar-refractivity contribution is 6.37. The van der Waals surface area contributed by atoms with Crippen molar-refractivity contribution in [3.63, 3.8) is 0 Å². The summed E-state index contributed by atoms with van der Waals surface area (Å²) in [5.74, 6) is -0.281. The summed E-state index contributed by atoms with van der Waals surface area (Å²) in [5.41, 5.74) is 5.27. The molecule has 0 radical (unpaired) electrons. The molecule has 0 saturated heterocycles. The number of aryl methyl sites for hydroxylation is 2. The maximum absolute atomic E-state index is 13.4. The van der Waals surface area contributed by atoms with Crippen LogP contribution in [0, 0.1) is 6.92 Å². The fourth-order valence-electron chi connectivity index (χ4n) is 4.25. The van der Waals surface area contributed by atoms with E-state index >= 15 is 0 Å². The molecule has 4 rings (SSSR count). The zero-order valence-corrected chi connectivity index (χ0v) is 20.0. The summed E-state index contributed by atoms with van der Waals surface area (Å²) in [7, 11) is 0. The number of halogens is 1. The van der Waals surface area contributed by atoms with Gasteiger partial charge in [-0.2, -0.15) is 5.10 Å². The second-order valence-electron chi connectivity index (χ2n) is 8.60. The molecule has 4 aromatic rings. The van der Waals surface area contributed by atoms with Gasteiger partial charge in [0.2, 0.25) is 0 Å². The van der Waals surface area contributed by atoms with Gasteiger partial charge >= 0.3 is 0 Å². The third-order valence-electron chi connectivity index (χ3n) is 5.83. The fourth-order valence-corrected chi connectivity index (χ4v) is 4.56. The number of benzene rings is 1. The van der Waals surface area contributed by atoms with E-state index in [1.54, 1.807) is 12.4 Å². The van der Waals surface area contributed by atoms with Gasteiger partial charge in [-0.25, -0.2) is 0 Å². The van der Waals surface area contributed by atoms with Crippen LogP contribution in [0.4, 0.5) is 0 Å². The number of hydrogen-bond acceptors (Lipinski definition) is 3. The van der Waals surface area contributed by atoms with Gasteiger partial charge < -0.3 is 14.9 Å². The molecule has 0 aliphatic rings. The van der Waals surface area contributed by atoms with E-state index in [0.29, 0.717) is 21.5 Å². The number of aromatic amines is 2. The van der Waals surface area contributed by atoms with E-state index < -0.39 is 0 Å². The number of aromatic nitrogens is 4. The zero-order chi connectivity index (χ0) is 23.7. The minimum Gasteiger partial charge on any atom is -0.348 e. The summed E-state index contributed by atoms with van der Waals surface area (Å²) in [6, 6.07) is 5.99. The van der Waals surface area contributed by atoms with Crippen molar-refractivity contribution in [3.8, 4) is 11.1 Å². The molecule has 0 fully saturated rings. The van der Waals surface area contributed by atoms with Gasteiger partial charge in [0.15, 0.2) is 0 Å². The second kappa shape index (κ2) is 9.27. The fraction of sp³-hybridized carbons (Fsp3) is 0.320. The van der Waals surface area contributed by atoms with E-state index in [4.69, 9.17) is 11.6 Å². The molecule has 0 atom stereocenters. The van der Waals surface area contributed by atoms with Crippen LogP contribution in [-0.2, 0) is 13.0 Å². The number of H-pyrrole nitrogens is 2. The molecule has 3 aromatic heterocycles. The number of pyridine rings is 1. The van der Waals surface area contributed by atoms with Crippen LogP contribution in [0.3, 0.4) is 0 Å². The summed E-state index contributed by atoms with van der Waals surface area (Å²) in [5, 5.41) is 11.0. The van der Waals surface area contributed by atoms with Crippen LogP contribution in [0.15, 0.2) is 41.6 Å². The van der Waals surface area contributed by atoms with E-state index in [0.717, 1.165) is 40.7 Å². The Labute approximate surface area is 197 Å². The normalized spacial score (nSPS) is 11.5. The number of fused-ring (bicyclic) bond motifs is 1. The Bertz CT molecular complexity index is 1370. The van der Waals surface area contributed by atoms with Crippen molar-refractivity contribution in [2.24, 2.45) is 0 Å². The largest absolute Gasteiger partial charge is 0.348 e. The minimum absolute atomic E-state index is 0.143. The average molecular weight is 466 g/mol. The molecule has 33 heavy (non-hydrogen) atoms. The van der Waals surface area contributed by atoms with E-state index in [-0.39, 0.29) is 24.1 Å². The molecule has 172 valence electrons. The monoisotopic (exact) mass is 465 g/mol. The predicted molar refractivity (Wildman–Crippen MR) is 132 cm³/mol. The van der Waals surface area contributed by atoms with Crippen LogP contribution in [0.25, 0.3) is 22.0 Å². The van der Waals surface area contributed by atoms with Crippen LogP contribution < -0.4 is 10.9 Å². The second-order valence-corrected chi connectivity index (χ2v) is 9.01. The summed E-state index contributed by atoms with van der Waals surface area (Å²) < 4.78 is 2.06. The highest BCUT2D eigenvalue weighted by atomic mass is 35.5. The van der Waals surface area contributed by atoms with Crippen molar-refractivity contribution < 1.29 is 4.79 Å². The first-order chi connectivity index (χ1) is 15.8. The highest BCUT2D eigenvalue weighted by Crippen LogP contribution is 2.35. The Kier molecular flexibility index (Phi) is 6.42. The molecule has 0 saturated carbocycles. The van der Waals surface area contributed by atoms with Gasteiger partial charge in [0.05, 0.1) is 22.3 Å². The molecule has 3 N–H and O–H groups in total. The van der Waals surface area contributed by atoms with Gasteiger partial charge in [-0.05, 0) is 56.5 Å². The summed E-state index contributed by atoms with van der Waals surface area (Å²) in [6.07, 6.45) is 7.05. The summed E-state index contributed by atoms with van der Waals surface area (Å²) in [4.78, 5) is 28.9. The average Bonchev–Trinajstić information content (AvgIpc) is 3.41. The van der Waals surface area contributed by atoms with Crippen molar-refractivity contribution in [1.82, 2.24) is 25.1 Å². The lowest BCUT2D eigenvalue weighted by Gasteiger charge is -2.14. The summed E-state index contributed by atoms with van der Waals surface area (Å²) in [6.45, 7) is 8.21. The molecular weight excluding hydrogens is 438 g/mol. The molecule has 0 bridgehead atoms. The number of carbonyl (C=O) groups is 1. The van der Waals surface area contributed by atoms with Gasteiger partial charge in [0, 0.05) is 47.2 Å². The van der Waals surface area contributed by atoms with Crippen LogP contribution in [0.2, 0.25) is 5.02 Å². The molecule has 1 aromatic carbocycles. The van der Waals surface area contributed by atoms with Crippen LogP contribution in [-0.4, -0.2) is 25.7 Å². The number of nitrogens with one attached hydrogen (secondary N) is 3. The lowest BCUT2D eigenvalue weighted by Crippen LogP contribution is -2.28. The Balaban J connectivity index is 1.77. The van der Waals surface area contributed by atoms with E-state index in [9.17, 15) is 9.59 Å². The zero-order valence-electron chi connectivity index (χ0n) is 19.3.